The number of benzene rings is 2. The Hall–Kier alpha value is -2.22. The molecule has 4 atom stereocenters. The second-order valence-electron chi connectivity index (χ2n) is 8.89. The summed E-state index contributed by atoms with van der Waals surface area (Å²) in [7, 11) is 0. The van der Waals surface area contributed by atoms with E-state index >= 15 is 0 Å². The maximum atomic E-state index is 7.90. The first kappa shape index (κ1) is 22.3. The Morgan fingerprint density at radius 3 is 1.38 bits per heavy atom. The Morgan fingerprint density at radius 1 is 0.559 bits per heavy atom. The van der Waals surface area contributed by atoms with Crippen LogP contribution in [0.1, 0.15) is 11.1 Å². The van der Waals surface area contributed by atoms with Gasteiger partial charge in [-0.15, -0.1) is 23.2 Å². The van der Waals surface area contributed by atoms with Crippen LogP contribution in [0.5, 0.6) is 0 Å². The fourth-order valence-electron chi connectivity index (χ4n) is 5.75. The molecule has 0 bridgehead atoms. The number of rotatable bonds is 2. The Labute approximate surface area is 219 Å². The summed E-state index contributed by atoms with van der Waals surface area (Å²) in [6, 6.07) is 20.3. The molecule has 0 heterocycles. The summed E-state index contributed by atoms with van der Waals surface area (Å²) in [5.74, 6) is -0.410. The lowest BCUT2D eigenvalue weighted by Crippen LogP contribution is -2.48. The van der Waals surface area contributed by atoms with Gasteiger partial charge in [0, 0.05) is 17.4 Å². The van der Waals surface area contributed by atoms with Gasteiger partial charge in [0.25, 0.3) is 0 Å². The summed E-state index contributed by atoms with van der Waals surface area (Å²) in [5, 5.41) is 1.21. The van der Waals surface area contributed by atoms with Crippen molar-refractivity contribution in [3.05, 3.63) is 153 Å². The van der Waals surface area contributed by atoms with Gasteiger partial charge >= 0.3 is 0 Å². The van der Waals surface area contributed by atoms with E-state index in [0.717, 1.165) is 33.4 Å². The Morgan fingerprint density at radius 2 is 0.971 bits per heavy atom. The summed E-state index contributed by atoms with van der Waals surface area (Å²) >= 11 is 30.2. The minimum atomic E-state index is -0.996. The molecular weight excluding hydrogens is 502 g/mol. The van der Waals surface area contributed by atoms with Gasteiger partial charge in [-0.1, -0.05) is 132 Å². The van der Waals surface area contributed by atoms with Gasteiger partial charge < -0.3 is 0 Å². The van der Waals surface area contributed by atoms with Crippen LogP contribution in [0, 0.1) is 11.8 Å². The summed E-state index contributed by atoms with van der Waals surface area (Å²) in [6.45, 7) is 0. The molecule has 0 aliphatic heterocycles. The average Bonchev–Trinajstić information content (AvgIpc) is 2.90. The van der Waals surface area contributed by atoms with Crippen LogP contribution in [-0.2, 0) is 9.75 Å². The first-order chi connectivity index (χ1) is 16.5. The molecule has 0 saturated carbocycles. The predicted molar refractivity (Wildman–Crippen MR) is 144 cm³/mol. The zero-order chi connectivity index (χ0) is 23.5. The van der Waals surface area contributed by atoms with Crippen molar-refractivity contribution in [1.29, 1.82) is 0 Å². The van der Waals surface area contributed by atoms with Gasteiger partial charge in [-0.2, -0.15) is 0 Å². The highest BCUT2D eigenvalue weighted by Crippen LogP contribution is 2.67. The molecule has 168 valence electrons. The predicted octanol–water partition coefficient (Wildman–Crippen LogP) is 9.05. The van der Waals surface area contributed by atoms with Crippen molar-refractivity contribution in [3.63, 3.8) is 0 Å². The Kier molecular flexibility index (Phi) is 5.35. The van der Waals surface area contributed by atoms with E-state index in [-0.39, 0.29) is 11.8 Å². The fraction of sp³-hybridized carbons (Fsp3) is 0.133. The molecule has 0 fully saturated rings. The van der Waals surface area contributed by atoms with Crippen molar-refractivity contribution in [2.75, 3.05) is 0 Å². The van der Waals surface area contributed by atoms with Crippen LogP contribution >= 0.6 is 46.4 Å². The number of hydrogen-bond donors (Lipinski definition) is 0. The second-order valence-corrected chi connectivity index (χ2v) is 10.8. The van der Waals surface area contributed by atoms with Crippen molar-refractivity contribution in [2.24, 2.45) is 11.8 Å². The molecule has 2 aromatic carbocycles. The standard InChI is InChI=1S/C30H20Cl4/c31-26-21-15-7-9-17-23(21)29(33,19-11-3-1-4-12-19)28-25(26)27(32)22-16-8-10-18-24(22)30(28,34)20-13-5-2-6-14-20/h1-18,23-24H. The third kappa shape index (κ3) is 2.93. The summed E-state index contributed by atoms with van der Waals surface area (Å²) in [6.07, 6.45) is 16.3. The van der Waals surface area contributed by atoms with Gasteiger partial charge in [-0.05, 0) is 27.8 Å². The van der Waals surface area contributed by atoms with Crippen molar-refractivity contribution >= 4 is 46.4 Å². The third-order valence-electron chi connectivity index (χ3n) is 7.22. The lowest BCUT2D eigenvalue weighted by Gasteiger charge is -2.53. The highest BCUT2D eigenvalue weighted by molar-refractivity contribution is 6.42. The maximum absolute atomic E-state index is 7.90. The van der Waals surface area contributed by atoms with Crippen LogP contribution in [-0.4, -0.2) is 0 Å². The molecule has 4 unspecified atom stereocenters. The van der Waals surface area contributed by atoms with Crippen LogP contribution in [0.2, 0.25) is 0 Å². The molecular formula is C30H20Cl4. The van der Waals surface area contributed by atoms with Crippen molar-refractivity contribution in [1.82, 2.24) is 0 Å². The smallest absolute Gasteiger partial charge is 0.104 e. The first-order valence-electron chi connectivity index (χ1n) is 11.2. The normalized spacial score (nSPS) is 31.5. The largest absolute Gasteiger partial charge is 0.108 e. The average molecular weight is 522 g/mol. The van der Waals surface area contributed by atoms with Gasteiger partial charge in [0.1, 0.15) is 9.75 Å². The quantitative estimate of drug-likeness (QED) is 0.345. The number of allylic oxidation sites excluding steroid dienone is 14. The van der Waals surface area contributed by atoms with E-state index in [1.54, 1.807) is 0 Å². The molecule has 34 heavy (non-hydrogen) atoms. The number of halogens is 4. The topological polar surface area (TPSA) is 0 Å². The van der Waals surface area contributed by atoms with E-state index in [1.165, 1.54) is 0 Å². The summed E-state index contributed by atoms with van der Waals surface area (Å²) in [5.41, 5.74) is 5.37. The van der Waals surface area contributed by atoms with E-state index in [2.05, 4.69) is 36.4 Å². The molecule has 0 saturated heterocycles. The fourth-order valence-corrected chi connectivity index (χ4v) is 7.71. The van der Waals surface area contributed by atoms with Crippen molar-refractivity contribution in [3.8, 4) is 0 Å². The highest BCUT2D eigenvalue weighted by Gasteiger charge is 2.60. The van der Waals surface area contributed by atoms with Crippen LogP contribution < -0.4 is 0 Å². The molecule has 0 amide bonds. The van der Waals surface area contributed by atoms with Gasteiger partial charge in [0.05, 0.1) is 10.1 Å². The van der Waals surface area contributed by atoms with E-state index in [1.807, 2.05) is 72.9 Å². The van der Waals surface area contributed by atoms with Crippen LogP contribution in [0.15, 0.2) is 142 Å². The minimum absolute atomic E-state index is 0.205. The molecule has 0 aromatic heterocycles. The zero-order valence-electron chi connectivity index (χ0n) is 18.1. The van der Waals surface area contributed by atoms with Crippen LogP contribution in [0.3, 0.4) is 0 Å². The van der Waals surface area contributed by atoms with E-state index in [9.17, 15) is 0 Å². The molecule has 0 nitrogen and oxygen atoms in total. The van der Waals surface area contributed by atoms with E-state index in [0.29, 0.717) is 10.1 Å². The molecule has 4 aliphatic rings. The SMILES string of the molecule is ClC1=C2C=CC=CC2C(Cl)(c2ccccc2)C2=C1C(Cl)=C1C=CC=CC1C2(Cl)c1ccccc1. The van der Waals surface area contributed by atoms with Crippen LogP contribution in [0.4, 0.5) is 0 Å². The van der Waals surface area contributed by atoms with Gasteiger partial charge in [0.15, 0.2) is 0 Å². The summed E-state index contributed by atoms with van der Waals surface area (Å²) in [4.78, 5) is -1.99. The second kappa shape index (κ2) is 8.18. The van der Waals surface area contributed by atoms with E-state index in [4.69, 9.17) is 46.4 Å². The van der Waals surface area contributed by atoms with E-state index < -0.39 is 9.75 Å². The summed E-state index contributed by atoms with van der Waals surface area (Å²) < 4.78 is 0. The maximum Gasteiger partial charge on any atom is 0.104 e. The third-order valence-corrected chi connectivity index (χ3v) is 9.32. The molecule has 0 N–H and O–H groups in total. The number of fused-ring (bicyclic) bond motifs is 2. The number of hydrogen-bond acceptors (Lipinski definition) is 0. The molecule has 0 spiro atoms. The number of alkyl halides is 2. The first-order valence-corrected chi connectivity index (χ1v) is 12.7. The monoisotopic (exact) mass is 520 g/mol. The molecule has 4 heteroatoms. The molecule has 2 aromatic rings. The zero-order valence-corrected chi connectivity index (χ0v) is 21.1. The minimum Gasteiger partial charge on any atom is -0.108 e. The van der Waals surface area contributed by atoms with Crippen molar-refractivity contribution in [2.45, 2.75) is 9.75 Å². The van der Waals surface area contributed by atoms with Gasteiger partial charge in [-0.25, -0.2) is 0 Å². The van der Waals surface area contributed by atoms with Gasteiger partial charge in [-0.3, -0.25) is 0 Å². The lowest BCUT2D eigenvalue weighted by atomic mass is 9.58. The lowest BCUT2D eigenvalue weighted by molar-refractivity contribution is 0.451. The van der Waals surface area contributed by atoms with Crippen molar-refractivity contribution < 1.29 is 0 Å². The van der Waals surface area contributed by atoms with Crippen LogP contribution in [0.25, 0.3) is 0 Å². The van der Waals surface area contributed by atoms with Gasteiger partial charge in [0.2, 0.25) is 0 Å². The molecule has 6 rings (SSSR count). The molecule has 4 aliphatic carbocycles. The molecule has 0 radical (unpaired) electrons. The highest BCUT2D eigenvalue weighted by atomic mass is 35.5. The Balaban J connectivity index is 1.79. The Bertz CT molecular complexity index is 1280.